The summed E-state index contributed by atoms with van der Waals surface area (Å²) in [7, 11) is 0. The molecule has 0 spiro atoms. The Morgan fingerprint density at radius 2 is 1.94 bits per heavy atom. The molecule has 0 bridgehead atoms. The number of hydrogen-bond acceptors (Lipinski definition) is 2. The minimum Gasteiger partial charge on any atom is -0.313 e. The summed E-state index contributed by atoms with van der Waals surface area (Å²) in [5.74, 6) is 2.16. The van der Waals surface area contributed by atoms with Gasteiger partial charge in [-0.2, -0.15) is 11.8 Å². The van der Waals surface area contributed by atoms with Crippen molar-refractivity contribution in [2.75, 3.05) is 12.3 Å². The molecule has 1 aliphatic rings. The van der Waals surface area contributed by atoms with Crippen LogP contribution in [0.5, 0.6) is 0 Å². The summed E-state index contributed by atoms with van der Waals surface area (Å²) in [5, 5.41) is 4.64. The first-order chi connectivity index (χ1) is 7.74. The first-order valence-corrected chi connectivity index (χ1v) is 8.14. The average molecular weight is 243 g/mol. The monoisotopic (exact) mass is 243 g/mol. The summed E-state index contributed by atoms with van der Waals surface area (Å²) >= 11 is 2.21. The number of rotatable bonds is 6. The molecule has 1 fully saturated rings. The summed E-state index contributed by atoms with van der Waals surface area (Å²) in [6.45, 7) is 8.12. The van der Waals surface area contributed by atoms with Crippen molar-refractivity contribution in [3.05, 3.63) is 0 Å². The molecule has 1 aliphatic carbocycles. The van der Waals surface area contributed by atoms with E-state index in [0.717, 1.165) is 17.2 Å². The molecule has 96 valence electrons. The molecule has 1 nitrogen and oxygen atoms in total. The van der Waals surface area contributed by atoms with Crippen molar-refractivity contribution in [3.8, 4) is 0 Å². The third-order valence-electron chi connectivity index (χ3n) is 3.25. The van der Waals surface area contributed by atoms with Crippen LogP contribution < -0.4 is 5.32 Å². The van der Waals surface area contributed by atoms with Crippen molar-refractivity contribution in [2.45, 2.75) is 70.6 Å². The van der Waals surface area contributed by atoms with Gasteiger partial charge in [-0.05, 0) is 37.5 Å². The van der Waals surface area contributed by atoms with E-state index in [-0.39, 0.29) is 0 Å². The summed E-state index contributed by atoms with van der Waals surface area (Å²) < 4.78 is 0. The van der Waals surface area contributed by atoms with Gasteiger partial charge in [0.15, 0.2) is 0 Å². The highest BCUT2D eigenvalue weighted by molar-refractivity contribution is 7.99. The van der Waals surface area contributed by atoms with Crippen LogP contribution in [0.4, 0.5) is 0 Å². The standard InChI is InChI=1S/C14H29NS/c1-4-10-15-13-8-6-5-7-9-14(13)16-11-12(2)3/h12-15H,4-11H2,1-3H3. The summed E-state index contributed by atoms with van der Waals surface area (Å²) in [5.41, 5.74) is 0. The molecule has 0 amide bonds. The predicted octanol–water partition coefficient (Wildman–Crippen LogP) is 4.08. The van der Waals surface area contributed by atoms with Crippen LogP contribution in [0.3, 0.4) is 0 Å². The molecular formula is C14H29NS. The normalized spacial score (nSPS) is 27.0. The number of thioether (sulfide) groups is 1. The Morgan fingerprint density at radius 3 is 2.62 bits per heavy atom. The van der Waals surface area contributed by atoms with E-state index >= 15 is 0 Å². The summed E-state index contributed by atoms with van der Waals surface area (Å²) in [6.07, 6.45) is 8.41. The molecular weight excluding hydrogens is 214 g/mol. The van der Waals surface area contributed by atoms with Gasteiger partial charge in [0.25, 0.3) is 0 Å². The summed E-state index contributed by atoms with van der Waals surface area (Å²) in [6, 6.07) is 0.784. The molecule has 0 aliphatic heterocycles. The molecule has 1 N–H and O–H groups in total. The highest BCUT2D eigenvalue weighted by atomic mass is 32.2. The fourth-order valence-electron chi connectivity index (χ4n) is 2.35. The largest absolute Gasteiger partial charge is 0.313 e. The van der Waals surface area contributed by atoms with Gasteiger partial charge in [-0.15, -0.1) is 0 Å². The fourth-order valence-corrected chi connectivity index (χ4v) is 3.78. The first-order valence-electron chi connectivity index (χ1n) is 7.09. The van der Waals surface area contributed by atoms with Crippen molar-refractivity contribution in [1.29, 1.82) is 0 Å². The minimum absolute atomic E-state index is 0.784. The lowest BCUT2D eigenvalue weighted by Crippen LogP contribution is -2.38. The maximum Gasteiger partial charge on any atom is 0.0201 e. The molecule has 0 aromatic rings. The molecule has 0 heterocycles. The minimum atomic E-state index is 0.784. The Hall–Kier alpha value is 0.310. The van der Waals surface area contributed by atoms with Gasteiger partial charge < -0.3 is 5.32 Å². The highest BCUT2D eigenvalue weighted by Gasteiger charge is 2.23. The van der Waals surface area contributed by atoms with E-state index < -0.39 is 0 Å². The Morgan fingerprint density at radius 1 is 1.19 bits per heavy atom. The van der Waals surface area contributed by atoms with Crippen LogP contribution in [0.1, 0.15) is 59.3 Å². The average Bonchev–Trinajstić information content (AvgIpc) is 2.48. The molecule has 0 radical (unpaired) electrons. The van der Waals surface area contributed by atoms with Crippen molar-refractivity contribution < 1.29 is 0 Å². The lowest BCUT2D eigenvalue weighted by molar-refractivity contribution is 0.469. The fraction of sp³-hybridized carbons (Fsp3) is 1.00. The Bertz CT molecular complexity index is 170. The van der Waals surface area contributed by atoms with E-state index in [1.807, 2.05) is 0 Å². The van der Waals surface area contributed by atoms with Crippen molar-refractivity contribution in [3.63, 3.8) is 0 Å². The second-order valence-electron chi connectivity index (χ2n) is 5.46. The quantitative estimate of drug-likeness (QED) is 0.706. The molecule has 2 atom stereocenters. The molecule has 0 aromatic carbocycles. The van der Waals surface area contributed by atoms with Gasteiger partial charge in [-0.3, -0.25) is 0 Å². The predicted molar refractivity (Wildman–Crippen MR) is 76.3 cm³/mol. The van der Waals surface area contributed by atoms with Gasteiger partial charge in [-0.1, -0.05) is 40.0 Å². The van der Waals surface area contributed by atoms with Crippen molar-refractivity contribution in [1.82, 2.24) is 5.32 Å². The SMILES string of the molecule is CCCNC1CCCCCC1SCC(C)C. The van der Waals surface area contributed by atoms with Gasteiger partial charge in [0.2, 0.25) is 0 Å². The Kier molecular flexibility index (Phi) is 7.55. The maximum atomic E-state index is 3.76. The van der Waals surface area contributed by atoms with E-state index in [1.165, 1.54) is 50.8 Å². The van der Waals surface area contributed by atoms with Crippen LogP contribution in [0.2, 0.25) is 0 Å². The molecule has 2 heteroatoms. The van der Waals surface area contributed by atoms with Crippen LogP contribution >= 0.6 is 11.8 Å². The summed E-state index contributed by atoms with van der Waals surface area (Å²) in [4.78, 5) is 0. The van der Waals surface area contributed by atoms with Crippen LogP contribution in [0, 0.1) is 5.92 Å². The third kappa shape index (κ3) is 5.58. The van der Waals surface area contributed by atoms with E-state index in [9.17, 15) is 0 Å². The lowest BCUT2D eigenvalue weighted by Gasteiger charge is -2.26. The first kappa shape index (κ1) is 14.4. The van der Waals surface area contributed by atoms with E-state index in [4.69, 9.17) is 0 Å². The third-order valence-corrected chi connectivity index (χ3v) is 5.10. The Labute approximate surface area is 106 Å². The molecule has 2 unspecified atom stereocenters. The van der Waals surface area contributed by atoms with Gasteiger partial charge in [0, 0.05) is 11.3 Å². The highest BCUT2D eigenvalue weighted by Crippen LogP contribution is 2.29. The van der Waals surface area contributed by atoms with E-state index in [0.29, 0.717) is 0 Å². The number of hydrogen-bond donors (Lipinski definition) is 1. The van der Waals surface area contributed by atoms with Crippen LogP contribution in [0.25, 0.3) is 0 Å². The van der Waals surface area contributed by atoms with Crippen LogP contribution in [0.15, 0.2) is 0 Å². The molecule has 16 heavy (non-hydrogen) atoms. The Balaban J connectivity index is 2.38. The van der Waals surface area contributed by atoms with Crippen LogP contribution in [-0.4, -0.2) is 23.6 Å². The maximum absolute atomic E-state index is 3.76. The zero-order valence-corrected chi connectivity index (χ0v) is 12.1. The van der Waals surface area contributed by atoms with Gasteiger partial charge in [0.05, 0.1) is 0 Å². The van der Waals surface area contributed by atoms with E-state index in [1.54, 1.807) is 0 Å². The topological polar surface area (TPSA) is 12.0 Å². The van der Waals surface area contributed by atoms with Crippen molar-refractivity contribution in [2.24, 2.45) is 5.92 Å². The molecule has 0 aromatic heterocycles. The van der Waals surface area contributed by atoms with Gasteiger partial charge >= 0.3 is 0 Å². The van der Waals surface area contributed by atoms with E-state index in [2.05, 4.69) is 37.8 Å². The smallest absolute Gasteiger partial charge is 0.0201 e. The second kappa shape index (κ2) is 8.41. The molecule has 1 saturated carbocycles. The molecule has 0 saturated heterocycles. The number of nitrogens with one attached hydrogen (secondary N) is 1. The zero-order valence-electron chi connectivity index (χ0n) is 11.3. The van der Waals surface area contributed by atoms with Gasteiger partial charge in [0.1, 0.15) is 0 Å². The lowest BCUT2D eigenvalue weighted by atomic mass is 10.1. The van der Waals surface area contributed by atoms with Gasteiger partial charge in [-0.25, -0.2) is 0 Å². The molecule has 1 rings (SSSR count). The van der Waals surface area contributed by atoms with Crippen molar-refractivity contribution >= 4 is 11.8 Å². The zero-order chi connectivity index (χ0) is 11.8. The van der Waals surface area contributed by atoms with Crippen LogP contribution in [-0.2, 0) is 0 Å². The second-order valence-corrected chi connectivity index (χ2v) is 6.74.